The molecule has 0 aromatic carbocycles. The van der Waals surface area contributed by atoms with E-state index < -0.39 is 4.92 Å². The molecule has 0 aliphatic carbocycles. The third kappa shape index (κ3) is 3.72. The topological polar surface area (TPSA) is 92.4 Å². The van der Waals surface area contributed by atoms with Gasteiger partial charge in [-0.05, 0) is 25.8 Å². The molecule has 2 aromatic heterocycles. The van der Waals surface area contributed by atoms with Crippen LogP contribution in [0.25, 0.3) is 0 Å². The molecule has 2 aromatic rings. The molecule has 1 N–H and O–H groups in total. The zero-order chi connectivity index (χ0) is 17.1. The fourth-order valence-corrected chi connectivity index (χ4v) is 3.23. The van der Waals surface area contributed by atoms with Gasteiger partial charge in [0.2, 0.25) is 5.82 Å². The summed E-state index contributed by atoms with van der Waals surface area (Å²) in [6, 6.07) is 0. The van der Waals surface area contributed by atoms with E-state index in [4.69, 9.17) is 28.3 Å². The maximum atomic E-state index is 11.5. The van der Waals surface area contributed by atoms with Gasteiger partial charge in [-0.25, -0.2) is 9.97 Å². The van der Waals surface area contributed by atoms with Crippen LogP contribution >= 0.6 is 34.5 Å². The lowest BCUT2D eigenvalue weighted by Gasteiger charge is -2.22. The summed E-state index contributed by atoms with van der Waals surface area (Å²) in [4.78, 5) is 20.8. The summed E-state index contributed by atoms with van der Waals surface area (Å²) < 4.78 is 0.312. The van der Waals surface area contributed by atoms with E-state index in [-0.39, 0.29) is 23.3 Å². The summed E-state index contributed by atoms with van der Waals surface area (Å²) >= 11 is 13.2. The molecule has 0 saturated heterocycles. The SMILES string of the molecule is Cc1c(Cl)nc(N(CCCO)c2cnc(Cl)s2)c([N+](=O)[O-])c1C. The molecule has 0 saturated carbocycles. The molecule has 2 rings (SSSR count). The van der Waals surface area contributed by atoms with E-state index in [1.807, 2.05) is 0 Å². The predicted molar refractivity (Wildman–Crippen MR) is 91.2 cm³/mol. The van der Waals surface area contributed by atoms with Crippen LogP contribution in [0.2, 0.25) is 9.62 Å². The number of halogens is 2. The van der Waals surface area contributed by atoms with Gasteiger partial charge >= 0.3 is 5.69 Å². The van der Waals surface area contributed by atoms with Crippen molar-refractivity contribution >= 4 is 51.0 Å². The van der Waals surface area contributed by atoms with E-state index in [0.29, 0.717) is 33.6 Å². The van der Waals surface area contributed by atoms with Crippen molar-refractivity contribution in [1.82, 2.24) is 9.97 Å². The summed E-state index contributed by atoms with van der Waals surface area (Å²) in [6.45, 7) is 3.58. The number of pyridine rings is 1. The van der Waals surface area contributed by atoms with E-state index >= 15 is 0 Å². The molecule has 7 nitrogen and oxygen atoms in total. The predicted octanol–water partition coefficient (Wildman–Crippen LogP) is 3.89. The Labute approximate surface area is 146 Å². The molecule has 0 aliphatic heterocycles. The van der Waals surface area contributed by atoms with Crippen molar-refractivity contribution < 1.29 is 10.0 Å². The summed E-state index contributed by atoms with van der Waals surface area (Å²) in [5.74, 6) is 0.122. The molecule has 0 unspecified atom stereocenters. The second kappa shape index (κ2) is 7.39. The van der Waals surface area contributed by atoms with Crippen LogP contribution in [-0.2, 0) is 0 Å². The molecule has 0 atom stereocenters. The Morgan fingerprint density at radius 2 is 2.09 bits per heavy atom. The van der Waals surface area contributed by atoms with Crippen LogP contribution in [0.15, 0.2) is 6.20 Å². The number of aromatic nitrogens is 2. The Hall–Kier alpha value is -1.48. The van der Waals surface area contributed by atoms with Crippen molar-refractivity contribution in [2.45, 2.75) is 20.3 Å². The van der Waals surface area contributed by atoms with Gasteiger partial charge in [0, 0.05) is 18.7 Å². The minimum atomic E-state index is -0.477. The van der Waals surface area contributed by atoms with Gasteiger partial charge < -0.3 is 10.0 Å². The number of anilines is 2. The van der Waals surface area contributed by atoms with Gasteiger partial charge in [-0.2, -0.15) is 0 Å². The zero-order valence-electron chi connectivity index (χ0n) is 12.4. The van der Waals surface area contributed by atoms with Gasteiger partial charge in [-0.15, -0.1) is 0 Å². The molecule has 124 valence electrons. The molecule has 0 aliphatic rings. The number of nitrogens with zero attached hydrogens (tertiary/aromatic N) is 4. The van der Waals surface area contributed by atoms with Crippen LogP contribution in [0, 0.1) is 24.0 Å². The second-order valence-corrected chi connectivity index (χ2v) is 6.71. The van der Waals surface area contributed by atoms with Gasteiger partial charge in [-0.3, -0.25) is 10.1 Å². The molecule has 0 fully saturated rings. The van der Waals surface area contributed by atoms with Gasteiger partial charge in [0.05, 0.1) is 11.1 Å². The number of rotatable bonds is 6. The van der Waals surface area contributed by atoms with E-state index in [1.165, 1.54) is 17.5 Å². The average Bonchev–Trinajstić information content (AvgIpc) is 2.91. The van der Waals surface area contributed by atoms with Crippen molar-refractivity contribution in [3.63, 3.8) is 0 Å². The summed E-state index contributed by atoms with van der Waals surface area (Å²) in [6.07, 6.45) is 1.91. The van der Waals surface area contributed by atoms with Crippen LogP contribution in [0.1, 0.15) is 17.5 Å². The fraction of sp³-hybridized carbons (Fsp3) is 0.385. The fourth-order valence-electron chi connectivity index (χ4n) is 2.06. The molecule has 0 amide bonds. The lowest BCUT2D eigenvalue weighted by atomic mass is 10.1. The largest absolute Gasteiger partial charge is 0.396 e. The first-order valence-corrected chi connectivity index (χ1v) is 8.24. The molecule has 0 bridgehead atoms. The van der Waals surface area contributed by atoms with Gasteiger partial charge in [-0.1, -0.05) is 34.5 Å². The maximum Gasteiger partial charge on any atom is 0.315 e. The number of hydrogen-bond acceptors (Lipinski definition) is 7. The third-order valence-electron chi connectivity index (χ3n) is 3.35. The second-order valence-electron chi connectivity index (χ2n) is 4.76. The molecular weight excluding hydrogens is 363 g/mol. The Kier molecular flexibility index (Phi) is 5.74. The number of aliphatic hydroxyl groups excluding tert-OH is 1. The van der Waals surface area contributed by atoms with E-state index in [1.54, 1.807) is 18.7 Å². The summed E-state index contributed by atoms with van der Waals surface area (Å²) in [7, 11) is 0. The van der Waals surface area contributed by atoms with Gasteiger partial charge in [0.25, 0.3) is 0 Å². The number of hydrogen-bond donors (Lipinski definition) is 1. The van der Waals surface area contributed by atoms with Gasteiger partial charge in [0.15, 0.2) is 4.47 Å². The van der Waals surface area contributed by atoms with E-state index in [2.05, 4.69) is 9.97 Å². The van der Waals surface area contributed by atoms with Crippen LogP contribution in [0.5, 0.6) is 0 Å². The molecule has 0 radical (unpaired) electrons. The Morgan fingerprint density at radius 1 is 1.39 bits per heavy atom. The van der Waals surface area contributed by atoms with E-state index in [9.17, 15) is 10.1 Å². The number of nitro groups is 1. The Bertz CT molecular complexity index is 738. The van der Waals surface area contributed by atoms with Crippen LogP contribution < -0.4 is 4.90 Å². The average molecular weight is 377 g/mol. The molecule has 2 heterocycles. The first kappa shape index (κ1) is 17.9. The van der Waals surface area contributed by atoms with Gasteiger partial charge in [0.1, 0.15) is 10.2 Å². The first-order chi connectivity index (χ1) is 10.9. The zero-order valence-corrected chi connectivity index (χ0v) is 14.7. The minimum absolute atomic E-state index is 0.0601. The highest BCUT2D eigenvalue weighted by Crippen LogP contribution is 2.40. The summed E-state index contributed by atoms with van der Waals surface area (Å²) in [5.41, 5.74) is 0.899. The summed E-state index contributed by atoms with van der Waals surface area (Å²) in [5, 5.41) is 21.4. The normalized spacial score (nSPS) is 10.8. The Morgan fingerprint density at radius 3 is 2.61 bits per heavy atom. The van der Waals surface area contributed by atoms with Crippen LogP contribution in [-0.4, -0.2) is 33.1 Å². The minimum Gasteiger partial charge on any atom is -0.396 e. The monoisotopic (exact) mass is 376 g/mol. The molecule has 23 heavy (non-hydrogen) atoms. The highest BCUT2D eigenvalue weighted by Gasteiger charge is 2.28. The van der Waals surface area contributed by atoms with Crippen LogP contribution in [0.3, 0.4) is 0 Å². The lowest BCUT2D eigenvalue weighted by molar-refractivity contribution is -0.384. The van der Waals surface area contributed by atoms with Crippen molar-refractivity contribution in [2.75, 3.05) is 18.1 Å². The smallest absolute Gasteiger partial charge is 0.315 e. The van der Waals surface area contributed by atoms with Crippen molar-refractivity contribution in [3.05, 3.63) is 37.1 Å². The maximum absolute atomic E-state index is 11.5. The van der Waals surface area contributed by atoms with Crippen molar-refractivity contribution in [3.8, 4) is 0 Å². The highest BCUT2D eigenvalue weighted by atomic mass is 35.5. The first-order valence-electron chi connectivity index (χ1n) is 6.67. The molecular formula is C13H14Cl2N4O3S. The van der Waals surface area contributed by atoms with Crippen molar-refractivity contribution in [1.29, 1.82) is 0 Å². The number of thiazole rings is 1. The number of aliphatic hydroxyl groups is 1. The van der Waals surface area contributed by atoms with E-state index in [0.717, 1.165) is 0 Å². The highest BCUT2D eigenvalue weighted by molar-refractivity contribution is 7.19. The quantitative estimate of drug-likeness (QED) is 0.466. The van der Waals surface area contributed by atoms with Crippen molar-refractivity contribution in [2.24, 2.45) is 0 Å². The lowest BCUT2D eigenvalue weighted by Crippen LogP contribution is -2.21. The Balaban J connectivity index is 2.64. The van der Waals surface area contributed by atoms with Crippen LogP contribution in [0.4, 0.5) is 16.5 Å². The standard InChI is InChI=1S/C13H14Cl2N4O3S/c1-7-8(2)11(14)17-12(10(7)19(21)22)18(4-3-5-20)9-6-16-13(15)23-9/h6,20H,3-5H2,1-2H3. The third-order valence-corrected chi connectivity index (χ3v) is 4.86. The molecule has 10 heteroatoms. The molecule has 0 spiro atoms.